The van der Waals surface area contributed by atoms with Crippen LogP contribution in [0.3, 0.4) is 0 Å². The molecule has 1 saturated heterocycles. The van der Waals surface area contributed by atoms with Crippen molar-refractivity contribution in [1.82, 2.24) is 26.2 Å². The Morgan fingerprint density at radius 3 is 2.02 bits per heavy atom. The molecule has 0 saturated carbocycles. The molecule has 1 heterocycles. The Hall–Kier alpha value is -4.24. The lowest BCUT2D eigenvalue weighted by molar-refractivity contribution is -0.149. The minimum atomic E-state index is -1.49. The zero-order chi connectivity index (χ0) is 34.6. The Morgan fingerprint density at radius 2 is 1.46 bits per heavy atom. The summed E-state index contributed by atoms with van der Waals surface area (Å²) < 4.78 is 0. The highest BCUT2D eigenvalue weighted by Crippen LogP contribution is 2.21. The smallest absolute Gasteiger partial charge is 0.326 e. The summed E-state index contributed by atoms with van der Waals surface area (Å²) >= 11 is 0. The number of carboxylic acid groups (broad SMARTS) is 1. The highest BCUT2D eigenvalue weighted by Gasteiger charge is 2.38. The molecular formula is C31H48N6O9. The fourth-order valence-corrected chi connectivity index (χ4v) is 5.15. The minimum Gasteiger partial charge on any atom is -0.508 e. The fourth-order valence-electron chi connectivity index (χ4n) is 5.15. The predicted molar refractivity (Wildman–Crippen MR) is 167 cm³/mol. The van der Waals surface area contributed by atoms with Crippen LogP contribution < -0.4 is 27.0 Å². The highest BCUT2D eigenvalue weighted by atomic mass is 16.4. The van der Waals surface area contributed by atoms with Crippen molar-refractivity contribution >= 4 is 35.5 Å². The first kappa shape index (κ1) is 37.9. The molecule has 1 aromatic rings. The van der Waals surface area contributed by atoms with Crippen molar-refractivity contribution in [3.8, 4) is 5.75 Å². The highest BCUT2D eigenvalue weighted by molar-refractivity contribution is 5.96. The summed E-state index contributed by atoms with van der Waals surface area (Å²) in [7, 11) is 0. The number of hydrogen-bond donors (Lipinski definition) is 8. The van der Waals surface area contributed by atoms with Gasteiger partial charge in [0.2, 0.25) is 29.5 Å². The first-order chi connectivity index (χ1) is 21.6. The van der Waals surface area contributed by atoms with E-state index in [1.807, 2.05) is 27.7 Å². The van der Waals surface area contributed by atoms with Crippen LogP contribution in [0.4, 0.5) is 0 Å². The molecule has 1 fully saturated rings. The van der Waals surface area contributed by atoms with Gasteiger partial charge in [-0.2, -0.15) is 0 Å². The summed E-state index contributed by atoms with van der Waals surface area (Å²) in [6, 6.07) is 0.184. The summed E-state index contributed by atoms with van der Waals surface area (Å²) in [5.74, 6) is -4.57. The molecule has 2 rings (SSSR count). The molecule has 1 aliphatic heterocycles. The van der Waals surface area contributed by atoms with Crippen molar-refractivity contribution < 1.29 is 44.1 Å². The number of nitrogens with zero attached hydrogens (tertiary/aromatic N) is 1. The third-order valence-corrected chi connectivity index (χ3v) is 7.47. The molecule has 256 valence electrons. The van der Waals surface area contributed by atoms with E-state index in [9.17, 15) is 44.1 Å². The van der Waals surface area contributed by atoms with Crippen LogP contribution in [0.15, 0.2) is 24.3 Å². The average Bonchev–Trinajstić information content (AvgIpc) is 3.48. The number of rotatable bonds is 17. The van der Waals surface area contributed by atoms with Gasteiger partial charge in [0, 0.05) is 13.0 Å². The number of carboxylic acids is 1. The number of aromatic hydroxyl groups is 1. The van der Waals surface area contributed by atoms with Gasteiger partial charge in [0.05, 0.1) is 19.2 Å². The molecule has 15 nitrogen and oxygen atoms in total. The number of amides is 5. The number of benzene rings is 1. The van der Waals surface area contributed by atoms with E-state index >= 15 is 0 Å². The van der Waals surface area contributed by atoms with Crippen LogP contribution in [0.1, 0.15) is 58.9 Å². The van der Waals surface area contributed by atoms with Crippen molar-refractivity contribution in [3.63, 3.8) is 0 Å². The van der Waals surface area contributed by atoms with Gasteiger partial charge in [-0.1, -0.05) is 39.8 Å². The molecule has 5 atom stereocenters. The van der Waals surface area contributed by atoms with E-state index < -0.39 is 78.9 Å². The van der Waals surface area contributed by atoms with Crippen LogP contribution in [-0.4, -0.2) is 106 Å². The Labute approximate surface area is 268 Å². The van der Waals surface area contributed by atoms with Gasteiger partial charge in [-0.25, -0.2) is 4.79 Å². The summed E-state index contributed by atoms with van der Waals surface area (Å²) in [4.78, 5) is 78.0. The molecule has 0 radical (unpaired) electrons. The number of carbonyl (C=O) groups is 6. The van der Waals surface area contributed by atoms with Crippen molar-refractivity contribution in [2.24, 2.45) is 17.6 Å². The molecule has 5 amide bonds. The molecule has 0 aliphatic carbocycles. The molecule has 1 aromatic carbocycles. The maximum Gasteiger partial charge on any atom is 0.326 e. The zero-order valence-electron chi connectivity index (χ0n) is 26.8. The van der Waals surface area contributed by atoms with E-state index in [1.165, 1.54) is 29.2 Å². The van der Waals surface area contributed by atoms with E-state index in [4.69, 9.17) is 5.73 Å². The number of aliphatic hydroxyl groups excluding tert-OH is 1. The molecule has 0 bridgehead atoms. The number of phenols is 1. The van der Waals surface area contributed by atoms with Gasteiger partial charge in [0.15, 0.2) is 0 Å². The third-order valence-electron chi connectivity index (χ3n) is 7.47. The summed E-state index contributed by atoms with van der Waals surface area (Å²) in [6.45, 7) is 6.38. The molecule has 1 aliphatic rings. The lowest BCUT2D eigenvalue weighted by Crippen LogP contribution is -2.59. The second kappa shape index (κ2) is 18.0. The predicted octanol–water partition coefficient (Wildman–Crippen LogP) is -1.01. The summed E-state index contributed by atoms with van der Waals surface area (Å²) in [5, 5.41) is 39.0. The summed E-state index contributed by atoms with van der Waals surface area (Å²) in [6.07, 6.45) is 1.33. The van der Waals surface area contributed by atoms with Crippen LogP contribution >= 0.6 is 0 Å². The monoisotopic (exact) mass is 648 g/mol. The second-order valence-electron chi connectivity index (χ2n) is 12.4. The largest absolute Gasteiger partial charge is 0.508 e. The van der Waals surface area contributed by atoms with Gasteiger partial charge >= 0.3 is 5.97 Å². The number of hydrogen-bond acceptors (Lipinski definition) is 9. The lowest BCUT2D eigenvalue weighted by atomic mass is 10.00. The van der Waals surface area contributed by atoms with Gasteiger partial charge < -0.3 is 47.2 Å². The fraction of sp³-hybridized carbons (Fsp3) is 0.613. The van der Waals surface area contributed by atoms with Crippen molar-refractivity contribution in [2.45, 2.75) is 90.0 Å². The minimum absolute atomic E-state index is 0.0183. The molecule has 0 spiro atoms. The second-order valence-corrected chi connectivity index (χ2v) is 12.4. The zero-order valence-corrected chi connectivity index (χ0v) is 26.8. The molecule has 0 aromatic heterocycles. The van der Waals surface area contributed by atoms with E-state index in [2.05, 4.69) is 21.3 Å². The van der Waals surface area contributed by atoms with Gasteiger partial charge in [-0.05, 0) is 55.2 Å². The molecule has 9 N–H and O–H groups in total. The Balaban J connectivity index is 2.20. The lowest BCUT2D eigenvalue weighted by Gasteiger charge is -2.30. The van der Waals surface area contributed by atoms with Crippen LogP contribution in [0.25, 0.3) is 0 Å². The number of aliphatic carboxylic acids is 1. The van der Waals surface area contributed by atoms with Crippen molar-refractivity contribution in [1.29, 1.82) is 0 Å². The molecule has 0 unspecified atom stereocenters. The Kier molecular flexibility index (Phi) is 14.9. The summed E-state index contributed by atoms with van der Waals surface area (Å²) in [5.41, 5.74) is 6.36. The van der Waals surface area contributed by atoms with E-state index in [0.717, 1.165) is 0 Å². The van der Waals surface area contributed by atoms with Crippen LogP contribution in [0.2, 0.25) is 0 Å². The Morgan fingerprint density at radius 1 is 0.870 bits per heavy atom. The number of likely N-dealkylation sites (tertiary alicyclic amines) is 1. The Bertz CT molecular complexity index is 1220. The number of carbonyl (C=O) groups excluding carboxylic acids is 5. The standard InChI is InChI=1S/C31H48N6O9/c1-17(2)12-21(32)27(41)33-15-26(40)34-24(16-38)29(43)35-22(14-19-7-9-20(39)10-8-19)28(42)36-23(13-18(3)4)30(44)37-11-5-6-25(37)31(45)46/h7-10,17-18,21-25,38-39H,5-6,11-16,32H2,1-4H3,(H,33,41)(H,34,40)(H,35,43)(H,36,42)(H,45,46)/t21-,22-,23-,24-,25-/m0/s1. The van der Waals surface area contributed by atoms with Crippen molar-refractivity contribution in [3.05, 3.63) is 29.8 Å². The number of aliphatic hydroxyl groups is 1. The van der Waals surface area contributed by atoms with E-state index in [-0.39, 0.29) is 37.0 Å². The van der Waals surface area contributed by atoms with E-state index in [0.29, 0.717) is 24.8 Å². The molecule has 46 heavy (non-hydrogen) atoms. The quantitative estimate of drug-likeness (QED) is 0.102. The molecule has 15 heteroatoms. The number of phenolic OH excluding ortho intramolecular Hbond substituents is 1. The maximum absolute atomic E-state index is 13.7. The van der Waals surface area contributed by atoms with Gasteiger partial charge in [0.1, 0.15) is 29.9 Å². The van der Waals surface area contributed by atoms with E-state index in [1.54, 1.807) is 0 Å². The SMILES string of the molecule is CC(C)C[C@H](NC(=O)[C@H](Cc1ccc(O)cc1)NC(=O)[C@H](CO)NC(=O)CNC(=O)[C@@H](N)CC(C)C)C(=O)N1CCC[C@H]1C(=O)O. The first-order valence-electron chi connectivity index (χ1n) is 15.5. The van der Waals surface area contributed by atoms with Gasteiger partial charge in [-0.3, -0.25) is 24.0 Å². The van der Waals surface area contributed by atoms with Crippen LogP contribution in [0.5, 0.6) is 5.75 Å². The van der Waals surface area contributed by atoms with Gasteiger partial charge in [-0.15, -0.1) is 0 Å². The van der Waals surface area contributed by atoms with Crippen LogP contribution in [-0.2, 0) is 35.2 Å². The normalized spacial score (nSPS) is 17.1. The first-order valence-corrected chi connectivity index (χ1v) is 15.5. The maximum atomic E-state index is 13.7. The van der Waals surface area contributed by atoms with Crippen molar-refractivity contribution in [2.75, 3.05) is 19.7 Å². The van der Waals surface area contributed by atoms with Crippen LogP contribution in [0, 0.1) is 11.8 Å². The number of nitrogens with one attached hydrogen (secondary N) is 4. The third kappa shape index (κ3) is 11.9. The average molecular weight is 649 g/mol. The number of nitrogens with two attached hydrogens (primary N) is 1. The topological polar surface area (TPSA) is 240 Å². The molecular weight excluding hydrogens is 600 g/mol. The van der Waals surface area contributed by atoms with Gasteiger partial charge in [0.25, 0.3) is 0 Å².